The maximum absolute atomic E-state index is 4.33. The van der Waals surface area contributed by atoms with E-state index in [-0.39, 0.29) is 0 Å². The summed E-state index contributed by atoms with van der Waals surface area (Å²) in [4.78, 5) is 2.42. The fourth-order valence-electron chi connectivity index (χ4n) is 1.27. The largest absolute Gasteiger partial charge is 0.202 e. The third-order valence-corrected chi connectivity index (χ3v) is 2.95. The molecule has 0 saturated heterocycles. The van der Waals surface area contributed by atoms with Gasteiger partial charge in [0.1, 0.15) is 0 Å². The van der Waals surface area contributed by atoms with Gasteiger partial charge >= 0.3 is 0 Å². The first kappa shape index (κ1) is 10.0. The molecule has 0 aliphatic rings. The molecule has 0 saturated carbocycles. The molecule has 78 valence electrons. The van der Waals surface area contributed by atoms with Gasteiger partial charge in [0.2, 0.25) is 0 Å². The Morgan fingerprint density at radius 1 is 1.20 bits per heavy atom. The van der Waals surface area contributed by atoms with E-state index in [4.69, 9.17) is 0 Å². The third-order valence-electron chi connectivity index (χ3n) is 2.01. The van der Waals surface area contributed by atoms with Gasteiger partial charge in [0, 0.05) is 9.75 Å². The molecule has 15 heavy (non-hydrogen) atoms. The highest BCUT2D eigenvalue weighted by Gasteiger charge is 2.01. The molecule has 0 amide bonds. The molecule has 0 bridgehead atoms. The monoisotopic (exact) mass is 220 g/mol. The van der Waals surface area contributed by atoms with Crippen molar-refractivity contribution in [2.45, 2.75) is 20.8 Å². The number of thiophene rings is 1. The van der Waals surface area contributed by atoms with Gasteiger partial charge in [-0.25, -0.2) is 4.68 Å². The van der Waals surface area contributed by atoms with E-state index in [2.05, 4.69) is 34.4 Å². The van der Waals surface area contributed by atoms with Crippen molar-refractivity contribution < 1.29 is 0 Å². The molecule has 0 fully saturated rings. The molecule has 2 heterocycles. The van der Waals surface area contributed by atoms with Crippen LogP contribution in [0, 0.1) is 20.8 Å². The average molecular weight is 220 g/mol. The molecule has 4 nitrogen and oxygen atoms in total. The van der Waals surface area contributed by atoms with Crippen LogP contribution in [-0.2, 0) is 0 Å². The number of aryl methyl sites for hydroxylation is 3. The lowest BCUT2D eigenvalue weighted by Crippen LogP contribution is -1.95. The van der Waals surface area contributed by atoms with Crippen molar-refractivity contribution in [1.82, 2.24) is 14.9 Å². The Morgan fingerprint density at radius 2 is 1.87 bits per heavy atom. The molecule has 0 atom stereocenters. The minimum absolute atomic E-state index is 0.803. The zero-order valence-corrected chi connectivity index (χ0v) is 9.75. The highest BCUT2D eigenvalue weighted by Crippen LogP contribution is 2.12. The number of nitrogens with zero attached hydrogens (tertiary/aromatic N) is 4. The summed E-state index contributed by atoms with van der Waals surface area (Å²) in [5.41, 5.74) is 0. The maximum Gasteiger partial charge on any atom is 0.151 e. The molecule has 0 aliphatic carbocycles. The zero-order valence-electron chi connectivity index (χ0n) is 8.93. The molecule has 2 aromatic rings. The molecule has 0 aliphatic heterocycles. The summed E-state index contributed by atoms with van der Waals surface area (Å²) in [5.74, 6) is 1.61. The summed E-state index contributed by atoms with van der Waals surface area (Å²) in [6.07, 6.45) is 1.83. The van der Waals surface area contributed by atoms with Crippen molar-refractivity contribution in [3.63, 3.8) is 0 Å². The second-order valence-corrected chi connectivity index (χ2v) is 4.62. The van der Waals surface area contributed by atoms with Gasteiger partial charge in [-0.3, -0.25) is 0 Å². The molecular formula is C10H12N4S. The predicted molar refractivity (Wildman–Crippen MR) is 61.5 cm³/mol. The number of rotatable bonds is 2. The molecule has 0 unspecified atom stereocenters. The van der Waals surface area contributed by atoms with Gasteiger partial charge in [0.05, 0.1) is 6.21 Å². The van der Waals surface area contributed by atoms with E-state index < -0.39 is 0 Å². The highest BCUT2D eigenvalue weighted by molar-refractivity contribution is 7.13. The Morgan fingerprint density at radius 3 is 2.40 bits per heavy atom. The van der Waals surface area contributed by atoms with Crippen molar-refractivity contribution in [1.29, 1.82) is 0 Å². The average Bonchev–Trinajstić information content (AvgIpc) is 2.73. The fourth-order valence-corrected chi connectivity index (χ4v) is 2.01. The predicted octanol–water partition coefficient (Wildman–Crippen LogP) is 2.15. The lowest BCUT2D eigenvalue weighted by Gasteiger charge is -1.95. The van der Waals surface area contributed by atoms with Crippen molar-refractivity contribution in [3.05, 3.63) is 33.5 Å². The van der Waals surface area contributed by atoms with Gasteiger partial charge in [-0.15, -0.1) is 21.5 Å². The van der Waals surface area contributed by atoms with Crippen molar-refractivity contribution in [3.8, 4) is 0 Å². The first-order valence-electron chi connectivity index (χ1n) is 4.66. The SMILES string of the molecule is Cc1ccc(C=Nn2c(C)nnc2C)s1. The summed E-state index contributed by atoms with van der Waals surface area (Å²) in [6, 6.07) is 4.14. The van der Waals surface area contributed by atoms with Gasteiger partial charge in [-0.05, 0) is 32.9 Å². The second kappa shape index (κ2) is 3.94. The Hall–Kier alpha value is -1.49. The van der Waals surface area contributed by atoms with Crippen LogP contribution in [0.4, 0.5) is 0 Å². The second-order valence-electron chi connectivity index (χ2n) is 3.30. The van der Waals surface area contributed by atoms with Crippen LogP contribution >= 0.6 is 11.3 Å². The summed E-state index contributed by atoms with van der Waals surface area (Å²) < 4.78 is 1.73. The summed E-state index contributed by atoms with van der Waals surface area (Å²) in [7, 11) is 0. The molecule has 0 radical (unpaired) electrons. The zero-order chi connectivity index (χ0) is 10.8. The molecule has 0 aromatic carbocycles. The van der Waals surface area contributed by atoms with Gasteiger partial charge in [0.15, 0.2) is 11.6 Å². The summed E-state index contributed by atoms with van der Waals surface area (Å²) in [5, 5.41) is 12.2. The van der Waals surface area contributed by atoms with E-state index in [0.29, 0.717) is 0 Å². The van der Waals surface area contributed by atoms with E-state index in [9.17, 15) is 0 Å². The molecule has 0 spiro atoms. The standard InChI is InChI=1S/C10H12N4S/c1-7-4-5-10(15-7)6-11-14-8(2)12-13-9(14)3/h4-6H,1-3H3. The number of hydrogen-bond donors (Lipinski definition) is 0. The Bertz CT molecular complexity index is 476. The van der Waals surface area contributed by atoms with Gasteiger partial charge in [-0.1, -0.05) is 0 Å². The van der Waals surface area contributed by atoms with Crippen LogP contribution in [-0.4, -0.2) is 21.1 Å². The van der Waals surface area contributed by atoms with Crippen LogP contribution in [0.5, 0.6) is 0 Å². The van der Waals surface area contributed by atoms with Crippen LogP contribution < -0.4 is 0 Å². The van der Waals surface area contributed by atoms with Crippen molar-refractivity contribution in [2.24, 2.45) is 5.10 Å². The van der Waals surface area contributed by atoms with Gasteiger partial charge < -0.3 is 0 Å². The maximum atomic E-state index is 4.33. The lowest BCUT2D eigenvalue weighted by atomic mass is 10.4. The first-order valence-corrected chi connectivity index (χ1v) is 5.48. The van der Waals surface area contributed by atoms with E-state index in [1.54, 1.807) is 16.0 Å². The highest BCUT2D eigenvalue weighted by atomic mass is 32.1. The molecule has 5 heteroatoms. The van der Waals surface area contributed by atoms with Gasteiger partial charge in [-0.2, -0.15) is 5.10 Å². The lowest BCUT2D eigenvalue weighted by molar-refractivity contribution is 0.799. The van der Waals surface area contributed by atoms with Crippen LogP contribution in [0.15, 0.2) is 17.2 Å². The third kappa shape index (κ3) is 2.12. The molecular weight excluding hydrogens is 208 g/mol. The number of aromatic nitrogens is 3. The minimum Gasteiger partial charge on any atom is -0.202 e. The molecule has 0 N–H and O–H groups in total. The van der Waals surface area contributed by atoms with E-state index in [1.165, 1.54) is 4.88 Å². The topological polar surface area (TPSA) is 43.1 Å². The van der Waals surface area contributed by atoms with E-state index in [1.807, 2.05) is 20.1 Å². The van der Waals surface area contributed by atoms with Crippen molar-refractivity contribution in [2.75, 3.05) is 0 Å². The quantitative estimate of drug-likeness (QED) is 0.728. The van der Waals surface area contributed by atoms with Crippen molar-refractivity contribution >= 4 is 17.6 Å². The van der Waals surface area contributed by atoms with Crippen LogP contribution in [0.25, 0.3) is 0 Å². The Labute approximate surface area is 92.3 Å². The summed E-state index contributed by atoms with van der Waals surface area (Å²) >= 11 is 1.72. The number of hydrogen-bond acceptors (Lipinski definition) is 4. The smallest absolute Gasteiger partial charge is 0.151 e. The molecule has 2 rings (SSSR count). The Balaban J connectivity index is 2.25. The molecule has 2 aromatic heterocycles. The Kier molecular flexibility index (Phi) is 2.64. The van der Waals surface area contributed by atoms with E-state index >= 15 is 0 Å². The van der Waals surface area contributed by atoms with Crippen LogP contribution in [0.1, 0.15) is 21.4 Å². The van der Waals surface area contributed by atoms with Crippen LogP contribution in [0.3, 0.4) is 0 Å². The van der Waals surface area contributed by atoms with E-state index in [0.717, 1.165) is 16.5 Å². The first-order chi connectivity index (χ1) is 7.16. The fraction of sp³-hybridized carbons (Fsp3) is 0.300. The minimum atomic E-state index is 0.803. The van der Waals surface area contributed by atoms with Crippen LogP contribution in [0.2, 0.25) is 0 Å². The normalized spacial score (nSPS) is 11.4. The van der Waals surface area contributed by atoms with Gasteiger partial charge in [0.25, 0.3) is 0 Å². The summed E-state index contributed by atoms with van der Waals surface area (Å²) in [6.45, 7) is 5.85.